The van der Waals surface area contributed by atoms with E-state index in [-0.39, 0.29) is 5.75 Å². The summed E-state index contributed by atoms with van der Waals surface area (Å²) in [5, 5.41) is 0. The molecular formula is C9H12BrNO3S. The van der Waals surface area contributed by atoms with Gasteiger partial charge in [-0.05, 0) is 40.7 Å². The van der Waals surface area contributed by atoms with Crippen molar-refractivity contribution in [1.29, 1.82) is 0 Å². The minimum Gasteiger partial charge on any atom is -0.496 e. The van der Waals surface area contributed by atoms with Crippen LogP contribution in [0.3, 0.4) is 0 Å². The van der Waals surface area contributed by atoms with Crippen LogP contribution in [0.2, 0.25) is 0 Å². The van der Waals surface area contributed by atoms with Gasteiger partial charge in [0.1, 0.15) is 5.75 Å². The molecule has 0 fully saturated rings. The zero-order valence-corrected chi connectivity index (χ0v) is 10.9. The van der Waals surface area contributed by atoms with Crippen molar-refractivity contribution in [1.82, 2.24) is 4.72 Å². The van der Waals surface area contributed by atoms with E-state index in [1.807, 2.05) is 0 Å². The van der Waals surface area contributed by atoms with E-state index in [9.17, 15) is 8.42 Å². The van der Waals surface area contributed by atoms with Crippen LogP contribution < -0.4 is 9.46 Å². The summed E-state index contributed by atoms with van der Waals surface area (Å²) in [6, 6.07) is 5.18. The first kappa shape index (κ1) is 12.5. The molecule has 1 aromatic rings. The van der Waals surface area contributed by atoms with E-state index in [1.165, 1.54) is 7.05 Å². The molecule has 1 rings (SSSR count). The monoisotopic (exact) mass is 293 g/mol. The lowest BCUT2D eigenvalue weighted by Crippen LogP contribution is -2.20. The lowest BCUT2D eigenvalue weighted by Gasteiger charge is -2.06. The van der Waals surface area contributed by atoms with Crippen LogP contribution in [0, 0.1) is 0 Å². The fraction of sp³-hybridized carbons (Fsp3) is 0.333. The average Bonchev–Trinajstić information content (AvgIpc) is 2.17. The van der Waals surface area contributed by atoms with Crippen molar-refractivity contribution in [2.45, 2.75) is 5.75 Å². The second-order valence-electron chi connectivity index (χ2n) is 2.93. The highest BCUT2D eigenvalue weighted by Crippen LogP contribution is 2.26. The van der Waals surface area contributed by atoms with Crippen LogP contribution in [0.15, 0.2) is 22.7 Å². The average molecular weight is 294 g/mol. The fourth-order valence-corrected chi connectivity index (χ4v) is 2.44. The molecule has 0 spiro atoms. The molecule has 0 atom stereocenters. The second-order valence-corrected chi connectivity index (χ2v) is 5.71. The zero-order chi connectivity index (χ0) is 11.5. The predicted octanol–water partition coefficient (Wildman–Crippen LogP) is 1.51. The van der Waals surface area contributed by atoms with Gasteiger partial charge in [-0.2, -0.15) is 0 Å². The van der Waals surface area contributed by atoms with Gasteiger partial charge in [-0.15, -0.1) is 0 Å². The van der Waals surface area contributed by atoms with Crippen LogP contribution in [-0.4, -0.2) is 22.6 Å². The van der Waals surface area contributed by atoms with Gasteiger partial charge < -0.3 is 4.74 Å². The summed E-state index contributed by atoms with van der Waals surface area (Å²) >= 11 is 3.30. The predicted molar refractivity (Wildman–Crippen MR) is 62.4 cm³/mol. The van der Waals surface area contributed by atoms with Crippen molar-refractivity contribution in [2.24, 2.45) is 0 Å². The van der Waals surface area contributed by atoms with Gasteiger partial charge in [-0.3, -0.25) is 0 Å². The first-order valence-corrected chi connectivity index (χ1v) is 6.66. The molecule has 0 aromatic heterocycles. The van der Waals surface area contributed by atoms with Crippen molar-refractivity contribution < 1.29 is 13.2 Å². The van der Waals surface area contributed by atoms with Crippen LogP contribution in [0.4, 0.5) is 0 Å². The molecule has 0 aliphatic heterocycles. The number of hydrogen-bond acceptors (Lipinski definition) is 3. The Morgan fingerprint density at radius 1 is 1.47 bits per heavy atom. The standard InChI is InChI=1S/C9H12BrNO3S/c1-11-15(12,13)6-7-3-4-9(14-2)8(10)5-7/h3-5,11H,6H2,1-2H3. The van der Waals surface area contributed by atoms with Crippen molar-refractivity contribution >= 4 is 26.0 Å². The van der Waals surface area contributed by atoms with Crippen LogP contribution in [0.5, 0.6) is 5.75 Å². The van der Waals surface area contributed by atoms with Gasteiger partial charge in [-0.1, -0.05) is 6.07 Å². The lowest BCUT2D eigenvalue weighted by molar-refractivity contribution is 0.412. The first-order chi connectivity index (χ1) is 6.98. The molecule has 84 valence electrons. The smallest absolute Gasteiger partial charge is 0.215 e. The van der Waals surface area contributed by atoms with Gasteiger partial charge in [-0.25, -0.2) is 13.1 Å². The van der Waals surface area contributed by atoms with Gasteiger partial charge in [0, 0.05) is 0 Å². The highest BCUT2D eigenvalue weighted by molar-refractivity contribution is 9.10. The molecular weight excluding hydrogens is 282 g/mol. The number of rotatable bonds is 4. The molecule has 0 saturated heterocycles. The topological polar surface area (TPSA) is 55.4 Å². The Hall–Kier alpha value is -0.590. The summed E-state index contributed by atoms with van der Waals surface area (Å²) < 4.78 is 30.6. The molecule has 0 saturated carbocycles. The van der Waals surface area contributed by atoms with Gasteiger partial charge in [0.05, 0.1) is 17.3 Å². The van der Waals surface area contributed by atoms with Gasteiger partial charge in [0.2, 0.25) is 10.0 Å². The first-order valence-electron chi connectivity index (χ1n) is 4.22. The molecule has 0 radical (unpaired) electrons. The van der Waals surface area contributed by atoms with Gasteiger partial charge in [0.15, 0.2) is 0 Å². The summed E-state index contributed by atoms with van der Waals surface area (Å²) in [7, 11) is -0.264. The van der Waals surface area contributed by atoms with Crippen LogP contribution in [0.1, 0.15) is 5.56 Å². The van der Waals surface area contributed by atoms with E-state index >= 15 is 0 Å². The number of halogens is 1. The van der Waals surface area contributed by atoms with Gasteiger partial charge in [0.25, 0.3) is 0 Å². The third kappa shape index (κ3) is 3.48. The Bertz CT molecular complexity index is 445. The Morgan fingerprint density at radius 3 is 2.60 bits per heavy atom. The Morgan fingerprint density at radius 2 is 2.13 bits per heavy atom. The summed E-state index contributed by atoms with van der Waals surface area (Å²) in [6.45, 7) is 0. The molecule has 0 aliphatic carbocycles. The van der Waals surface area contributed by atoms with E-state index in [0.717, 1.165) is 4.47 Å². The zero-order valence-electron chi connectivity index (χ0n) is 8.45. The molecule has 15 heavy (non-hydrogen) atoms. The molecule has 1 aromatic carbocycles. The molecule has 0 heterocycles. The Kier molecular flexibility index (Phi) is 4.12. The van der Waals surface area contributed by atoms with Gasteiger partial charge >= 0.3 is 0 Å². The van der Waals surface area contributed by atoms with E-state index in [1.54, 1.807) is 25.3 Å². The van der Waals surface area contributed by atoms with Crippen LogP contribution in [0.25, 0.3) is 0 Å². The highest BCUT2D eigenvalue weighted by atomic mass is 79.9. The summed E-state index contributed by atoms with van der Waals surface area (Å²) in [4.78, 5) is 0. The Balaban J connectivity index is 2.94. The SMILES string of the molecule is CNS(=O)(=O)Cc1ccc(OC)c(Br)c1. The fourth-order valence-electron chi connectivity index (χ4n) is 1.09. The minimum absolute atomic E-state index is 0.0356. The molecule has 0 aliphatic rings. The summed E-state index contributed by atoms with van der Waals surface area (Å²) in [5.41, 5.74) is 0.706. The van der Waals surface area contributed by atoms with Crippen molar-refractivity contribution in [3.63, 3.8) is 0 Å². The molecule has 1 N–H and O–H groups in total. The molecule has 0 unspecified atom stereocenters. The molecule has 6 heteroatoms. The van der Waals surface area contributed by atoms with E-state index in [4.69, 9.17) is 4.74 Å². The van der Waals surface area contributed by atoms with E-state index < -0.39 is 10.0 Å². The molecule has 0 amide bonds. The number of nitrogens with one attached hydrogen (secondary N) is 1. The van der Waals surface area contributed by atoms with Crippen molar-refractivity contribution in [3.05, 3.63) is 28.2 Å². The van der Waals surface area contributed by atoms with E-state index in [2.05, 4.69) is 20.7 Å². The third-order valence-corrected chi connectivity index (χ3v) is 3.84. The van der Waals surface area contributed by atoms with Crippen LogP contribution >= 0.6 is 15.9 Å². The maximum absolute atomic E-state index is 11.3. The van der Waals surface area contributed by atoms with Crippen molar-refractivity contribution in [3.8, 4) is 5.75 Å². The molecule has 4 nitrogen and oxygen atoms in total. The van der Waals surface area contributed by atoms with Crippen LogP contribution in [-0.2, 0) is 15.8 Å². The third-order valence-electron chi connectivity index (χ3n) is 1.88. The number of sulfonamides is 1. The second kappa shape index (κ2) is 4.96. The summed E-state index contributed by atoms with van der Waals surface area (Å²) in [5.74, 6) is 0.645. The normalized spacial score (nSPS) is 11.4. The number of ether oxygens (including phenoxy) is 1. The maximum atomic E-state index is 11.3. The highest BCUT2D eigenvalue weighted by Gasteiger charge is 2.10. The maximum Gasteiger partial charge on any atom is 0.215 e. The minimum atomic E-state index is -3.22. The summed E-state index contributed by atoms with van der Waals surface area (Å²) in [6.07, 6.45) is 0. The quantitative estimate of drug-likeness (QED) is 0.915. The lowest BCUT2D eigenvalue weighted by atomic mass is 10.2. The molecule has 0 bridgehead atoms. The number of hydrogen-bond donors (Lipinski definition) is 1. The number of benzene rings is 1. The van der Waals surface area contributed by atoms with E-state index in [0.29, 0.717) is 11.3 Å². The largest absolute Gasteiger partial charge is 0.496 e. The van der Waals surface area contributed by atoms with Crippen molar-refractivity contribution in [2.75, 3.05) is 14.2 Å². The number of methoxy groups -OCH3 is 1. The Labute approximate surface area is 97.8 Å².